The summed E-state index contributed by atoms with van der Waals surface area (Å²) in [6, 6.07) is 7.94. The average molecular weight is 1190 g/mol. The molecule has 2 saturated heterocycles. The van der Waals surface area contributed by atoms with Gasteiger partial charge in [0.2, 0.25) is 16.9 Å². The third-order valence-corrected chi connectivity index (χ3v) is 13.5. The van der Waals surface area contributed by atoms with Crippen molar-refractivity contribution in [3.05, 3.63) is 76.6 Å². The van der Waals surface area contributed by atoms with Gasteiger partial charge in [-0.15, -0.1) is 5.10 Å². The number of nitrogens with one attached hydrogen (secondary N) is 3. The maximum atomic E-state index is 13.6. The molecule has 25 nitrogen and oxygen atoms in total. The predicted octanol–water partition coefficient (Wildman–Crippen LogP) is 4.70. The number of aromatic nitrogens is 5. The molecule has 0 aliphatic carbocycles. The first-order chi connectivity index (χ1) is 38.9. The molecular weight excluding hydrogens is 1120 g/mol. The molecule has 442 valence electrons. The Bertz CT molecular complexity index is 2480. The normalized spacial score (nSPS) is 15.5. The van der Waals surface area contributed by atoms with Crippen LogP contribution in [0.25, 0.3) is 0 Å². The third kappa shape index (κ3) is 23.9. The second kappa shape index (κ2) is 36.6. The van der Waals surface area contributed by atoms with Crippen LogP contribution in [0.3, 0.4) is 0 Å². The van der Waals surface area contributed by atoms with Crippen LogP contribution in [-0.4, -0.2) is 196 Å². The molecule has 0 spiro atoms. The zero-order valence-electron chi connectivity index (χ0n) is 43.8. The van der Waals surface area contributed by atoms with E-state index in [1.165, 1.54) is 0 Å². The SMILES string of the molecule is N=Cc1c(NC2CCC(COPCP(O)O)O2)nc(Cl)nc1N1CC(C(=O)Nc2cccc(OCCOCCOCCOCCOCc3cn(CCOCCOCCOCCOCCC(=O)Oc4c(F)cc(F)cc4F)nn3)c2)C1. The third-order valence-electron chi connectivity index (χ3n) is 11.3. The van der Waals surface area contributed by atoms with Crippen molar-refractivity contribution in [2.24, 2.45) is 5.92 Å². The Morgan fingerprint density at radius 1 is 0.825 bits per heavy atom. The Morgan fingerprint density at radius 2 is 1.45 bits per heavy atom. The first-order valence-corrected chi connectivity index (χ1v) is 28.5. The smallest absolute Gasteiger partial charge is 0.313 e. The molecule has 2 aromatic heterocycles. The maximum absolute atomic E-state index is 13.6. The van der Waals surface area contributed by atoms with Crippen LogP contribution in [0.1, 0.15) is 30.5 Å². The lowest BCUT2D eigenvalue weighted by Crippen LogP contribution is -2.53. The van der Waals surface area contributed by atoms with E-state index < -0.39 is 43.8 Å². The van der Waals surface area contributed by atoms with Gasteiger partial charge in [-0.1, -0.05) is 11.3 Å². The molecule has 6 rings (SSSR count). The fraction of sp³-hybridized carbons (Fsp3) is 0.571. The van der Waals surface area contributed by atoms with Crippen LogP contribution >= 0.6 is 28.8 Å². The Balaban J connectivity index is 0.690. The van der Waals surface area contributed by atoms with E-state index >= 15 is 0 Å². The lowest BCUT2D eigenvalue weighted by Gasteiger charge is -2.40. The van der Waals surface area contributed by atoms with Gasteiger partial charge in [-0.3, -0.25) is 9.59 Å². The summed E-state index contributed by atoms with van der Waals surface area (Å²) in [6.07, 6.45) is 3.49. The van der Waals surface area contributed by atoms with Crippen molar-refractivity contribution in [3.8, 4) is 11.5 Å². The van der Waals surface area contributed by atoms with Crippen LogP contribution in [0.4, 0.5) is 30.5 Å². The van der Waals surface area contributed by atoms with E-state index in [1.807, 2.05) is 4.90 Å². The topological polar surface area (TPSA) is 293 Å². The largest absolute Gasteiger partial charge is 0.491 e. The zero-order chi connectivity index (χ0) is 56.7. The van der Waals surface area contributed by atoms with Crippen LogP contribution in [-0.2, 0) is 69.9 Å². The predicted molar refractivity (Wildman–Crippen MR) is 285 cm³/mol. The molecule has 0 radical (unpaired) electrons. The molecule has 80 heavy (non-hydrogen) atoms. The van der Waals surface area contributed by atoms with Crippen molar-refractivity contribution < 1.29 is 89.2 Å². The Hall–Kier alpha value is -4.87. The molecule has 5 N–H and O–H groups in total. The first-order valence-electron chi connectivity index (χ1n) is 25.6. The van der Waals surface area contributed by atoms with Gasteiger partial charge in [-0.2, -0.15) is 9.97 Å². The fourth-order valence-electron chi connectivity index (χ4n) is 7.42. The van der Waals surface area contributed by atoms with Gasteiger partial charge in [0.05, 0.1) is 155 Å². The highest BCUT2D eigenvalue weighted by atomic mass is 35.5. The van der Waals surface area contributed by atoms with Gasteiger partial charge in [-0.05, 0) is 36.6 Å². The van der Waals surface area contributed by atoms with Crippen molar-refractivity contribution in [2.75, 3.05) is 147 Å². The monoisotopic (exact) mass is 1190 g/mol. The van der Waals surface area contributed by atoms with Gasteiger partial charge in [0.15, 0.2) is 20.0 Å². The van der Waals surface area contributed by atoms with E-state index in [-0.39, 0.29) is 70.8 Å². The summed E-state index contributed by atoms with van der Waals surface area (Å²) in [5.41, 5.74) is 1.68. The van der Waals surface area contributed by atoms with Gasteiger partial charge in [0.1, 0.15) is 41.7 Å². The summed E-state index contributed by atoms with van der Waals surface area (Å²) >= 11 is 6.31. The van der Waals surface area contributed by atoms with Crippen molar-refractivity contribution in [1.82, 2.24) is 25.0 Å². The Labute approximate surface area is 467 Å². The van der Waals surface area contributed by atoms with Crippen LogP contribution < -0.4 is 25.0 Å². The quantitative estimate of drug-likeness (QED) is 0.0100. The molecule has 2 aliphatic rings. The van der Waals surface area contributed by atoms with E-state index in [9.17, 15) is 22.8 Å². The lowest BCUT2D eigenvalue weighted by molar-refractivity contribution is -0.136. The molecule has 4 heterocycles. The molecule has 1 amide bonds. The van der Waals surface area contributed by atoms with Crippen molar-refractivity contribution in [1.29, 1.82) is 5.41 Å². The Kier molecular flexibility index (Phi) is 29.4. The summed E-state index contributed by atoms with van der Waals surface area (Å²) in [6.45, 7) is 6.92. The summed E-state index contributed by atoms with van der Waals surface area (Å²) in [5.74, 6) is -4.57. The molecule has 2 aliphatic heterocycles. The number of nitrogens with zero attached hydrogens (tertiary/aromatic N) is 6. The first kappa shape index (κ1) is 64.3. The maximum Gasteiger partial charge on any atom is 0.313 e. The van der Waals surface area contributed by atoms with E-state index in [2.05, 4.69) is 35.7 Å². The number of carbonyl (C=O) groups excluding carboxylic acids is 2. The molecule has 4 aromatic rings. The Morgan fingerprint density at radius 3 is 2.10 bits per heavy atom. The molecule has 2 fully saturated rings. The molecule has 3 atom stereocenters. The van der Waals surface area contributed by atoms with Gasteiger partial charge in [-0.25, -0.2) is 17.9 Å². The molecule has 31 heteroatoms. The second-order valence-corrected chi connectivity index (χ2v) is 20.3. The number of rotatable bonds is 42. The number of amides is 1. The highest BCUT2D eigenvalue weighted by Gasteiger charge is 2.36. The number of hydrogen-bond donors (Lipinski definition) is 5. The van der Waals surface area contributed by atoms with E-state index in [1.54, 1.807) is 35.1 Å². The summed E-state index contributed by atoms with van der Waals surface area (Å²) < 4.78 is 108. The average Bonchev–Trinajstić information content (AvgIpc) is 4.10. The van der Waals surface area contributed by atoms with Gasteiger partial charge >= 0.3 is 5.97 Å². The minimum absolute atomic E-state index is 0.0116. The minimum Gasteiger partial charge on any atom is -0.491 e. The lowest BCUT2D eigenvalue weighted by atomic mass is 9.98. The highest BCUT2D eigenvalue weighted by molar-refractivity contribution is 7.58. The van der Waals surface area contributed by atoms with Crippen molar-refractivity contribution >= 4 is 64.2 Å². The number of ether oxygens (including phenoxy) is 11. The molecule has 0 bridgehead atoms. The van der Waals surface area contributed by atoms with Crippen LogP contribution in [0.2, 0.25) is 5.28 Å². The second-order valence-electron chi connectivity index (χ2n) is 17.4. The standard InChI is InChI=1S/C49H67ClF3N9O16P2/c50-49-57-46(56-43-5-4-39(77-43)32-76-79-33-80(65)66)40(27-54)47(58-49)61-28-34(29-61)48(64)55-36-2-1-3-38(26-36)75-23-22-73-19-18-71-16-17-72-20-21-74-31-37-30-62(60-59-37)7-9-68-11-13-70-15-14-69-12-10-67-8-6-44(63)78-45-41(52)24-35(51)25-42(45)53/h1-3,24-27,30,34,39,43,54,65-66,79H,4-23,28-29,31-33H2,(H,55,64)(H,56,57,58). The van der Waals surface area contributed by atoms with E-state index in [0.29, 0.717) is 165 Å². The zero-order valence-corrected chi connectivity index (χ0v) is 46.4. The summed E-state index contributed by atoms with van der Waals surface area (Å²) in [5, 5.41) is 22.5. The minimum atomic E-state index is -1.98. The molecule has 0 saturated carbocycles. The van der Waals surface area contributed by atoms with E-state index in [4.69, 9.17) is 78.7 Å². The van der Waals surface area contributed by atoms with Crippen LogP contribution in [0, 0.1) is 28.8 Å². The number of hydrogen-bond acceptors (Lipinski definition) is 23. The molecule has 2 aromatic carbocycles. The van der Waals surface area contributed by atoms with E-state index in [0.717, 1.165) is 12.6 Å². The molecular formula is C49H67ClF3N9O16P2. The number of carbonyl (C=O) groups is 2. The molecule has 3 unspecified atom stereocenters. The van der Waals surface area contributed by atoms with Crippen molar-refractivity contribution in [3.63, 3.8) is 0 Å². The highest BCUT2D eigenvalue weighted by Crippen LogP contribution is 2.35. The number of halogens is 4. The van der Waals surface area contributed by atoms with Crippen LogP contribution in [0.15, 0.2) is 42.6 Å². The van der Waals surface area contributed by atoms with Gasteiger partial charge < -0.3 is 87.4 Å². The number of esters is 1. The van der Waals surface area contributed by atoms with Crippen LogP contribution in [0.5, 0.6) is 11.5 Å². The number of anilines is 3. The van der Waals surface area contributed by atoms with Gasteiger partial charge in [0.25, 0.3) is 0 Å². The summed E-state index contributed by atoms with van der Waals surface area (Å²) in [4.78, 5) is 53.6. The van der Waals surface area contributed by atoms with Gasteiger partial charge in [0, 0.05) is 52.0 Å². The fourth-order valence-corrected chi connectivity index (χ4v) is 8.71. The summed E-state index contributed by atoms with van der Waals surface area (Å²) in [7, 11) is -2.01. The van der Waals surface area contributed by atoms with Crippen molar-refractivity contribution in [2.45, 2.75) is 44.7 Å². The number of benzene rings is 2.